The number of benzene rings is 1. The summed E-state index contributed by atoms with van der Waals surface area (Å²) < 4.78 is 2.16. The van der Waals surface area contributed by atoms with E-state index in [4.69, 9.17) is 5.73 Å². The number of rotatable bonds is 2. The maximum atomic E-state index is 13.2. The van der Waals surface area contributed by atoms with Crippen molar-refractivity contribution in [1.82, 2.24) is 19.7 Å². The molecule has 1 amide bonds. The predicted octanol–water partition coefficient (Wildman–Crippen LogP) is 3.28. The van der Waals surface area contributed by atoms with E-state index in [1.54, 1.807) is 0 Å². The summed E-state index contributed by atoms with van der Waals surface area (Å²) in [5, 5.41) is 8.77. The Balaban J connectivity index is 0.00000120. The Morgan fingerprint density at radius 3 is 2.38 bits per heavy atom. The second kappa shape index (κ2) is 9.02. The molecule has 2 heterocycles. The van der Waals surface area contributed by atoms with Gasteiger partial charge < -0.3 is 15.2 Å². The largest absolute Gasteiger partial charge is 0.333 e. The summed E-state index contributed by atoms with van der Waals surface area (Å²) >= 11 is 0. The summed E-state index contributed by atoms with van der Waals surface area (Å²) in [7, 11) is 0. The fraction of sp³-hybridized carbons (Fsp3) is 0.571. The van der Waals surface area contributed by atoms with Crippen molar-refractivity contribution in [3.05, 3.63) is 36.2 Å². The fourth-order valence-electron chi connectivity index (χ4n) is 5.40. The SMILES string of the molecule is Cl.Cl.NC1C2CCCC1CC(C(=O)N1CCn3c(nnc3-c3ccccc3)C1)C2. The Bertz CT molecular complexity index is 829. The van der Waals surface area contributed by atoms with E-state index in [0.29, 0.717) is 30.3 Å². The van der Waals surface area contributed by atoms with Crippen LogP contribution in [0.1, 0.15) is 37.9 Å². The summed E-state index contributed by atoms with van der Waals surface area (Å²) in [6, 6.07) is 10.4. The van der Waals surface area contributed by atoms with Crippen molar-refractivity contribution in [2.45, 2.75) is 51.2 Å². The van der Waals surface area contributed by atoms with Crippen LogP contribution in [0.2, 0.25) is 0 Å². The molecule has 0 saturated heterocycles. The average molecular weight is 438 g/mol. The van der Waals surface area contributed by atoms with E-state index in [2.05, 4.69) is 26.9 Å². The van der Waals surface area contributed by atoms with Crippen molar-refractivity contribution in [1.29, 1.82) is 0 Å². The third-order valence-electron chi connectivity index (χ3n) is 6.86. The van der Waals surface area contributed by atoms with Crippen LogP contribution < -0.4 is 5.73 Å². The van der Waals surface area contributed by atoms with Crippen molar-refractivity contribution < 1.29 is 4.79 Å². The molecule has 6 nitrogen and oxygen atoms in total. The van der Waals surface area contributed by atoms with E-state index >= 15 is 0 Å². The molecule has 1 aromatic carbocycles. The highest BCUT2D eigenvalue weighted by Crippen LogP contribution is 2.42. The van der Waals surface area contributed by atoms with Gasteiger partial charge in [0.15, 0.2) is 11.6 Å². The van der Waals surface area contributed by atoms with Crippen LogP contribution in [-0.2, 0) is 17.9 Å². The zero-order chi connectivity index (χ0) is 18.4. The third kappa shape index (κ3) is 4.03. The van der Waals surface area contributed by atoms with Gasteiger partial charge in [0.05, 0.1) is 6.54 Å². The van der Waals surface area contributed by atoms with Gasteiger partial charge in [-0.2, -0.15) is 0 Å². The molecule has 1 aromatic heterocycles. The van der Waals surface area contributed by atoms with Gasteiger partial charge in [-0.1, -0.05) is 36.8 Å². The smallest absolute Gasteiger partial charge is 0.226 e. The summed E-state index contributed by atoms with van der Waals surface area (Å²) in [5.74, 6) is 3.30. The van der Waals surface area contributed by atoms with Gasteiger partial charge in [-0.3, -0.25) is 4.79 Å². The Morgan fingerprint density at radius 2 is 1.69 bits per heavy atom. The maximum absolute atomic E-state index is 13.2. The number of hydrogen-bond donors (Lipinski definition) is 1. The van der Waals surface area contributed by atoms with E-state index in [1.165, 1.54) is 19.3 Å². The van der Waals surface area contributed by atoms with E-state index < -0.39 is 0 Å². The average Bonchev–Trinajstić information content (AvgIpc) is 3.11. The number of aromatic nitrogens is 3. The summed E-state index contributed by atoms with van der Waals surface area (Å²) in [4.78, 5) is 15.2. The van der Waals surface area contributed by atoms with Crippen LogP contribution in [0.5, 0.6) is 0 Å². The number of halogens is 2. The third-order valence-corrected chi connectivity index (χ3v) is 6.86. The van der Waals surface area contributed by atoms with Gasteiger partial charge in [0.2, 0.25) is 5.91 Å². The summed E-state index contributed by atoms with van der Waals surface area (Å²) in [6.07, 6.45) is 5.59. The first kappa shape index (κ1) is 22.1. The maximum Gasteiger partial charge on any atom is 0.226 e. The molecule has 3 aliphatic rings. The molecule has 2 fully saturated rings. The highest BCUT2D eigenvalue weighted by molar-refractivity contribution is 5.85. The van der Waals surface area contributed by atoms with Crippen LogP contribution in [0.3, 0.4) is 0 Å². The van der Waals surface area contributed by atoms with Crippen molar-refractivity contribution in [3.8, 4) is 11.4 Å². The number of fused-ring (bicyclic) bond motifs is 3. The lowest BCUT2D eigenvalue weighted by molar-refractivity contribution is -0.140. The highest BCUT2D eigenvalue weighted by atomic mass is 35.5. The first-order valence-corrected chi connectivity index (χ1v) is 10.2. The van der Waals surface area contributed by atoms with E-state index in [-0.39, 0.29) is 30.7 Å². The molecule has 0 radical (unpaired) electrons. The van der Waals surface area contributed by atoms with Crippen molar-refractivity contribution in [2.75, 3.05) is 6.54 Å². The number of hydrogen-bond acceptors (Lipinski definition) is 4. The monoisotopic (exact) mass is 437 g/mol. The van der Waals surface area contributed by atoms with Crippen LogP contribution in [0.4, 0.5) is 0 Å². The molecule has 2 N–H and O–H groups in total. The summed E-state index contributed by atoms with van der Waals surface area (Å²) in [5.41, 5.74) is 7.47. The fourth-order valence-corrected chi connectivity index (χ4v) is 5.40. The van der Waals surface area contributed by atoms with Gasteiger partial charge in [0, 0.05) is 30.6 Å². The zero-order valence-electron chi connectivity index (χ0n) is 16.4. The quantitative estimate of drug-likeness (QED) is 0.781. The molecule has 158 valence electrons. The van der Waals surface area contributed by atoms with Gasteiger partial charge in [0.25, 0.3) is 0 Å². The number of nitrogens with two attached hydrogens (primary N) is 1. The second-order valence-electron chi connectivity index (χ2n) is 8.41. The molecule has 2 bridgehead atoms. The number of carbonyl (C=O) groups excluding carboxylic acids is 1. The van der Waals surface area contributed by atoms with Gasteiger partial charge in [0.1, 0.15) is 0 Å². The van der Waals surface area contributed by atoms with Gasteiger partial charge in [-0.05, 0) is 37.5 Å². The van der Waals surface area contributed by atoms with Crippen LogP contribution >= 0.6 is 24.8 Å². The topological polar surface area (TPSA) is 77.0 Å². The molecule has 8 heteroatoms. The van der Waals surface area contributed by atoms with Crippen molar-refractivity contribution in [2.24, 2.45) is 23.5 Å². The Morgan fingerprint density at radius 1 is 1.00 bits per heavy atom. The molecule has 29 heavy (non-hydrogen) atoms. The van der Waals surface area contributed by atoms with Crippen molar-refractivity contribution in [3.63, 3.8) is 0 Å². The van der Waals surface area contributed by atoms with Gasteiger partial charge in [-0.15, -0.1) is 35.0 Å². The van der Waals surface area contributed by atoms with Crippen LogP contribution in [0.25, 0.3) is 11.4 Å². The van der Waals surface area contributed by atoms with E-state index in [0.717, 1.165) is 43.1 Å². The Labute approximate surface area is 184 Å². The predicted molar refractivity (Wildman–Crippen MR) is 117 cm³/mol. The molecule has 2 aliphatic carbocycles. The first-order chi connectivity index (χ1) is 13.2. The lowest BCUT2D eigenvalue weighted by Crippen LogP contribution is -2.50. The van der Waals surface area contributed by atoms with Crippen molar-refractivity contribution >= 4 is 30.7 Å². The normalized spacial score (nSPS) is 28.0. The highest BCUT2D eigenvalue weighted by Gasteiger charge is 2.42. The number of carbonyl (C=O) groups is 1. The first-order valence-electron chi connectivity index (χ1n) is 10.2. The van der Waals surface area contributed by atoms with Gasteiger partial charge in [-0.25, -0.2) is 0 Å². The molecular weight excluding hydrogens is 409 g/mol. The van der Waals surface area contributed by atoms with E-state index in [9.17, 15) is 4.79 Å². The zero-order valence-corrected chi connectivity index (χ0v) is 18.1. The Hall–Kier alpha value is -1.63. The Kier molecular flexibility index (Phi) is 6.87. The summed E-state index contributed by atoms with van der Waals surface area (Å²) in [6.45, 7) is 2.07. The molecule has 2 aromatic rings. The van der Waals surface area contributed by atoms with Crippen LogP contribution in [0, 0.1) is 17.8 Å². The molecular formula is C21H29Cl2N5O. The molecule has 2 saturated carbocycles. The van der Waals surface area contributed by atoms with E-state index in [1.807, 2.05) is 23.1 Å². The minimum atomic E-state index is 0. The number of nitrogens with zero attached hydrogens (tertiary/aromatic N) is 4. The minimum absolute atomic E-state index is 0. The molecule has 0 spiro atoms. The lowest BCUT2D eigenvalue weighted by atomic mass is 9.65. The molecule has 2 unspecified atom stereocenters. The number of amides is 1. The molecule has 1 aliphatic heterocycles. The van der Waals surface area contributed by atoms with Crippen LogP contribution in [-0.4, -0.2) is 38.2 Å². The van der Waals surface area contributed by atoms with Gasteiger partial charge >= 0.3 is 0 Å². The standard InChI is InChI=1S/C21H27N5O.2ClH/c22-19-15-7-4-8-16(19)12-17(11-15)21(27)25-9-10-26-18(13-25)23-24-20(26)14-5-2-1-3-6-14;;/h1-3,5-6,15-17,19H,4,7-13,22H2;2*1H. The molecule has 2 atom stereocenters. The minimum Gasteiger partial charge on any atom is -0.333 e. The molecule has 5 rings (SSSR count). The lowest BCUT2D eigenvalue weighted by Gasteiger charge is -2.44. The second-order valence-corrected chi connectivity index (χ2v) is 8.41. The van der Waals surface area contributed by atoms with Crippen LogP contribution in [0.15, 0.2) is 30.3 Å².